The number of nitrogens with one attached hydrogen (secondary N) is 1. The molecule has 2 aliphatic carbocycles. The van der Waals surface area contributed by atoms with E-state index in [0.717, 1.165) is 61.8 Å². The first-order chi connectivity index (χ1) is 13.2. The number of thiophene rings is 1. The Balaban J connectivity index is 1.48. The van der Waals surface area contributed by atoms with Gasteiger partial charge in [0, 0.05) is 17.5 Å². The standard InChI is InChI=1S/C19H23N3O3S2/c23-15(20-11-6-7-11)10-26-19-21-17-16(13-4-1-5-14(13)27-17)18(24)22(19)9-12-3-2-8-25-12/h11-12H,1-10H2,(H,20,23)/t12-/m0/s1. The molecule has 144 valence electrons. The Morgan fingerprint density at radius 1 is 1.30 bits per heavy atom. The molecule has 0 unspecified atom stereocenters. The zero-order valence-electron chi connectivity index (χ0n) is 15.2. The zero-order valence-corrected chi connectivity index (χ0v) is 16.8. The molecule has 1 saturated carbocycles. The van der Waals surface area contributed by atoms with Crippen molar-refractivity contribution in [2.75, 3.05) is 12.4 Å². The molecule has 6 nitrogen and oxygen atoms in total. The fourth-order valence-electron chi connectivity index (χ4n) is 3.95. The molecule has 27 heavy (non-hydrogen) atoms. The van der Waals surface area contributed by atoms with E-state index < -0.39 is 0 Å². The highest BCUT2D eigenvalue weighted by molar-refractivity contribution is 7.99. The van der Waals surface area contributed by atoms with Gasteiger partial charge >= 0.3 is 0 Å². The van der Waals surface area contributed by atoms with Crippen molar-refractivity contribution in [2.45, 2.75) is 68.8 Å². The predicted molar refractivity (Wildman–Crippen MR) is 107 cm³/mol. The van der Waals surface area contributed by atoms with E-state index in [0.29, 0.717) is 23.5 Å². The first-order valence-electron chi connectivity index (χ1n) is 9.78. The van der Waals surface area contributed by atoms with Gasteiger partial charge in [0.1, 0.15) is 4.83 Å². The molecule has 1 amide bonds. The molecule has 1 N–H and O–H groups in total. The number of hydrogen-bond acceptors (Lipinski definition) is 6. The third-order valence-corrected chi connectivity index (χ3v) is 7.64. The van der Waals surface area contributed by atoms with Gasteiger partial charge < -0.3 is 10.1 Å². The van der Waals surface area contributed by atoms with Crippen molar-refractivity contribution in [3.63, 3.8) is 0 Å². The third-order valence-electron chi connectivity index (χ3n) is 5.47. The summed E-state index contributed by atoms with van der Waals surface area (Å²) in [6.45, 7) is 1.29. The smallest absolute Gasteiger partial charge is 0.263 e. The van der Waals surface area contributed by atoms with Crippen LogP contribution in [0.5, 0.6) is 0 Å². The third kappa shape index (κ3) is 3.54. The van der Waals surface area contributed by atoms with Crippen molar-refractivity contribution < 1.29 is 9.53 Å². The van der Waals surface area contributed by atoms with Crippen LogP contribution in [0.4, 0.5) is 0 Å². The Bertz CT molecular complexity index is 942. The van der Waals surface area contributed by atoms with Crippen LogP contribution in [0, 0.1) is 0 Å². The molecule has 0 aromatic carbocycles. The number of carbonyl (C=O) groups is 1. The zero-order chi connectivity index (χ0) is 18.4. The molecule has 3 heterocycles. The Labute approximate surface area is 165 Å². The maximum absolute atomic E-state index is 13.4. The van der Waals surface area contributed by atoms with Gasteiger partial charge in [-0.2, -0.15) is 0 Å². The Morgan fingerprint density at radius 3 is 2.96 bits per heavy atom. The van der Waals surface area contributed by atoms with Crippen LogP contribution in [0.2, 0.25) is 0 Å². The molecular formula is C19H23N3O3S2. The highest BCUT2D eigenvalue weighted by Gasteiger charge is 2.27. The molecule has 2 aromatic rings. The van der Waals surface area contributed by atoms with E-state index in [2.05, 4.69) is 5.32 Å². The van der Waals surface area contributed by atoms with Crippen molar-refractivity contribution in [1.29, 1.82) is 0 Å². The topological polar surface area (TPSA) is 73.2 Å². The van der Waals surface area contributed by atoms with Gasteiger partial charge in [-0.15, -0.1) is 11.3 Å². The van der Waals surface area contributed by atoms with Gasteiger partial charge in [0.05, 0.1) is 23.8 Å². The second-order valence-corrected chi connectivity index (χ2v) is 9.64. The first kappa shape index (κ1) is 17.7. The molecule has 5 rings (SSSR count). The van der Waals surface area contributed by atoms with E-state index in [-0.39, 0.29) is 17.6 Å². The van der Waals surface area contributed by atoms with Crippen molar-refractivity contribution in [3.05, 3.63) is 20.8 Å². The molecular weight excluding hydrogens is 382 g/mol. The highest BCUT2D eigenvalue weighted by atomic mass is 32.2. The van der Waals surface area contributed by atoms with Gasteiger partial charge in [-0.25, -0.2) is 4.98 Å². The number of thioether (sulfide) groups is 1. The van der Waals surface area contributed by atoms with Gasteiger partial charge in [-0.05, 0) is 50.5 Å². The monoisotopic (exact) mass is 405 g/mol. The summed E-state index contributed by atoms with van der Waals surface area (Å²) < 4.78 is 7.53. The number of hydrogen-bond donors (Lipinski definition) is 1. The minimum atomic E-state index is 0.0224. The number of ether oxygens (including phenoxy) is 1. The average molecular weight is 406 g/mol. The number of carbonyl (C=O) groups excluding carboxylic acids is 1. The summed E-state index contributed by atoms with van der Waals surface area (Å²) in [6.07, 6.45) is 7.37. The summed E-state index contributed by atoms with van der Waals surface area (Å²) in [6, 6.07) is 0.350. The van der Waals surface area contributed by atoms with E-state index in [4.69, 9.17) is 9.72 Å². The summed E-state index contributed by atoms with van der Waals surface area (Å²) in [5.74, 6) is 0.319. The second kappa shape index (κ2) is 7.22. The summed E-state index contributed by atoms with van der Waals surface area (Å²) in [7, 11) is 0. The molecule has 8 heteroatoms. The quantitative estimate of drug-likeness (QED) is 0.590. The number of amides is 1. The lowest BCUT2D eigenvalue weighted by Gasteiger charge is -2.16. The number of aromatic nitrogens is 2. The Hall–Kier alpha value is -1.38. The minimum absolute atomic E-state index is 0.0224. The molecule has 2 aromatic heterocycles. The van der Waals surface area contributed by atoms with Crippen molar-refractivity contribution >= 4 is 39.2 Å². The average Bonchev–Trinajstić information content (AvgIpc) is 3.03. The lowest BCUT2D eigenvalue weighted by Crippen LogP contribution is -2.30. The van der Waals surface area contributed by atoms with Crippen LogP contribution in [0.3, 0.4) is 0 Å². The minimum Gasteiger partial charge on any atom is -0.376 e. The predicted octanol–water partition coefficient (Wildman–Crippen LogP) is 2.50. The van der Waals surface area contributed by atoms with Gasteiger partial charge in [0.2, 0.25) is 5.91 Å². The van der Waals surface area contributed by atoms with Crippen LogP contribution in [0.1, 0.15) is 42.5 Å². The molecule has 1 aliphatic heterocycles. The summed E-state index contributed by atoms with van der Waals surface area (Å²) in [5.41, 5.74) is 1.25. The van der Waals surface area contributed by atoms with Crippen molar-refractivity contribution in [1.82, 2.24) is 14.9 Å². The van der Waals surface area contributed by atoms with E-state index in [1.807, 2.05) is 0 Å². The maximum atomic E-state index is 13.4. The summed E-state index contributed by atoms with van der Waals surface area (Å²) in [5, 5.41) is 4.45. The van der Waals surface area contributed by atoms with E-state index in [1.165, 1.54) is 22.2 Å². The summed E-state index contributed by atoms with van der Waals surface area (Å²) >= 11 is 3.02. The molecule has 0 radical (unpaired) electrons. The van der Waals surface area contributed by atoms with E-state index in [9.17, 15) is 9.59 Å². The Kier molecular flexibility index (Phi) is 4.73. The molecule has 3 aliphatic rings. The van der Waals surface area contributed by atoms with Crippen LogP contribution >= 0.6 is 23.1 Å². The van der Waals surface area contributed by atoms with Gasteiger partial charge in [0.25, 0.3) is 5.56 Å². The van der Waals surface area contributed by atoms with E-state index in [1.54, 1.807) is 15.9 Å². The first-order valence-corrected chi connectivity index (χ1v) is 11.6. The highest BCUT2D eigenvalue weighted by Crippen LogP contribution is 2.35. The van der Waals surface area contributed by atoms with Gasteiger partial charge in [0.15, 0.2) is 5.16 Å². The maximum Gasteiger partial charge on any atom is 0.263 e. The second-order valence-electron chi connectivity index (χ2n) is 7.61. The SMILES string of the molecule is O=C(CSc1nc2sc3c(c2c(=O)n1C[C@@H]1CCCO1)CCC3)NC1CC1. The van der Waals surface area contributed by atoms with Gasteiger partial charge in [-0.1, -0.05) is 11.8 Å². The Morgan fingerprint density at radius 2 is 2.19 bits per heavy atom. The van der Waals surface area contributed by atoms with Crippen LogP contribution in [0.25, 0.3) is 10.2 Å². The van der Waals surface area contributed by atoms with Crippen LogP contribution < -0.4 is 10.9 Å². The van der Waals surface area contributed by atoms with Crippen LogP contribution in [0.15, 0.2) is 9.95 Å². The van der Waals surface area contributed by atoms with Crippen molar-refractivity contribution in [3.8, 4) is 0 Å². The molecule has 1 saturated heterocycles. The molecule has 1 atom stereocenters. The number of fused-ring (bicyclic) bond motifs is 3. The number of nitrogens with zero attached hydrogens (tertiary/aromatic N) is 2. The molecule has 0 spiro atoms. The molecule has 0 bridgehead atoms. The fraction of sp³-hybridized carbons (Fsp3) is 0.632. The largest absolute Gasteiger partial charge is 0.376 e. The normalized spacial score (nSPS) is 21.7. The number of rotatable bonds is 6. The van der Waals surface area contributed by atoms with Crippen molar-refractivity contribution in [2.24, 2.45) is 0 Å². The molecule has 2 fully saturated rings. The van der Waals surface area contributed by atoms with Gasteiger partial charge in [-0.3, -0.25) is 14.2 Å². The fourth-order valence-corrected chi connectivity index (χ4v) is 6.07. The van der Waals surface area contributed by atoms with Crippen LogP contribution in [-0.2, 0) is 28.9 Å². The van der Waals surface area contributed by atoms with Crippen LogP contribution in [-0.4, -0.2) is 40.0 Å². The summed E-state index contributed by atoms with van der Waals surface area (Å²) in [4.78, 5) is 32.4. The number of aryl methyl sites for hydroxylation is 2. The lowest BCUT2D eigenvalue weighted by molar-refractivity contribution is -0.118. The lowest BCUT2D eigenvalue weighted by atomic mass is 10.2. The van der Waals surface area contributed by atoms with E-state index >= 15 is 0 Å².